The molecule has 0 saturated carbocycles. The lowest BCUT2D eigenvalue weighted by Gasteiger charge is -2.09. The number of hydrogen-bond donors (Lipinski definition) is 2. The van der Waals surface area contributed by atoms with Crippen LogP contribution in [0.1, 0.15) is 16.1 Å². The number of anilines is 1. The van der Waals surface area contributed by atoms with Crippen molar-refractivity contribution >= 4 is 11.6 Å². The van der Waals surface area contributed by atoms with E-state index in [1.54, 1.807) is 43.8 Å². The molecule has 4 rings (SSSR count). The number of benzene rings is 1. The van der Waals surface area contributed by atoms with Gasteiger partial charge in [-0.25, -0.2) is 9.97 Å². The summed E-state index contributed by atoms with van der Waals surface area (Å²) in [5.74, 6) is 1.21. The minimum Gasteiger partial charge on any atom is -0.463 e. The van der Waals surface area contributed by atoms with E-state index in [0.717, 1.165) is 11.4 Å². The number of carbonyl (C=O) groups excluding carboxylic acids is 1. The molecule has 0 bridgehead atoms. The van der Waals surface area contributed by atoms with Crippen LogP contribution in [0.5, 0.6) is 0 Å². The molecule has 0 fully saturated rings. The number of imidazole rings is 1. The maximum absolute atomic E-state index is 12.6. The first-order valence-corrected chi connectivity index (χ1v) is 8.13. The highest BCUT2D eigenvalue weighted by molar-refractivity contribution is 6.05. The van der Waals surface area contributed by atoms with Crippen LogP contribution in [-0.4, -0.2) is 20.9 Å². The number of aromatic nitrogens is 3. The first-order chi connectivity index (χ1) is 12.7. The highest BCUT2D eigenvalue weighted by Crippen LogP contribution is 2.22. The van der Waals surface area contributed by atoms with Gasteiger partial charge in [-0.05, 0) is 43.3 Å². The molecule has 6 nitrogen and oxygen atoms in total. The largest absolute Gasteiger partial charge is 0.463 e. The van der Waals surface area contributed by atoms with Gasteiger partial charge in [0.25, 0.3) is 5.91 Å². The van der Waals surface area contributed by atoms with E-state index in [9.17, 15) is 4.79 Å². The number of nitrogens with one attached hydrogen (secondary N) is 2. The van der Waals surface area contributed by atoms with E-state index in [1.807, 2.05) is 30.3 Å². The second kappa shape index (κ2) is 6.68. The first kappa shape index (κ1) is 15.8. The summed E-state index contributed by atoms with van der Waals surface area (Å²) in [5, 5.41) is 2.91. The van der Waals surface area contributed by atoms with E-state index in [4.69, 9.17) is 4.42 Å². The Kier molecular flexibility index (Phi) is 4.07. The van der Waals surface area contributed by atoms with Crippen molar-refractivity contribution in [3.8, 4) is 22.8 Å². The Balaban J connectivity index is 1.56. The van der Waals surface area contributed by atoms with Gasteiger partial charge in [-0.15, -0.1) is 0 Å². The molecule has 0 aliphatic carbocycles. The minimum absolute atomic E-state index is 0.211. The van der Waals surface area contributed by atoms with Gasteiger partial charge in [0.05, 0.1) is 17.5 Å². The monoisotopic (exact) mass is 344 g/mol. The molecular weight excluding hydrogens is 328 g/mol. The normalized spacial score (nSPS) is 10.7. The number of hydrogen-bond acceptors (Lipinski definition) is 4. The molecule has 2 N–H and O–H groups in total. The molecule has 1 aromatic carbocycles. The third-order valence-corrected chi connectivity index (χ3v) is 4.00. The number of pyridine rings is 1. The van der Waals surface area contributed by atoms with E-state index >= 15 is 0 Å². The molecule has 0 aliphatic rings. The van der Waals surface area contributed by atoms with Crippen molar-refractivity contribution in [1.82, 2.24) is 15.0 Å². The molecule has 0 aliphatic heterocycles. The van der Waals surface area contributed by atoms with Crippen LogP contribution in [0.15, 0.2) is 71.6 Å². The Hall–Kier alpha value is -3.67. The summed E-state index contributed by atoms with van der Waals surface area (Å²) in [6.45, 7) is 1.81. The van der Waals surface area contributed by atoms with Gasteiger partial charge in [-0.3, -0.25) is 4.79 Å². The van der Waals surface area contributed by atoms with E-state index < -0.39 is 0 Å². The van der Waals surface area contributed by atoms with Gasteiger partial charge in [0.2, 0.25) is 0 Å². The quantitative estimate of drug-likeness (QED) is 0.578. The molecule has 6 heteroatoms. The van der Waals surface area contributed by atoms with Gasteiger partial charge in [0.15, 0.2) is 5.76 Å². The molecule has 3 heterocycles. The van der Waals surface area contributed by atoms with E-state index in [1.165, 1.54) is 0 Å². The SMILES string of the molecule is Cc1nc(-c2ccco2)ccc1C(=O)Nc1cccc(-c2ncc[nH]2)c1. The van der Waals surface area contributed by atoms with Gasteiger partial charge >= 0.3 is 0 Å². The number of H-pyrrole nitrogens is 1. The lowest BCUT2D eigenvalue weighted by atomic mass is 10.1. The molecular formula is C20H16N4O2. The minimum atomic E-state index is -0.211. The van der Waals surface area contributed by atoms with Crippen LogP contribution in [0.25, 0.3) is 22.8 Å². The molecule has 4 aromatic rings. The van der Waals surface area contributed by atoms with Crippen LogP contribution < -0.4 is 5.32 Å². The van der Waals surface area contributed by atoms with Crippen molar-refractivity contribution in [2.75, 3.05) is 5.32 Å². The fourth-order valence-corrected chi connectivity index (χ4v) is 2.73. The Morgan fingerprint density at radius 3 is 2.81 bits per heavy atom. The summed E-state index contributed by atoms with van der Waals surface area (Å²) in [4.78, 5) is 24.4. The van der Waals surface area contributed by atoms with Crippen molar-refractivity contribution in [1.29, 1.82) is 0 Å². The van der Waals surface area contributed by atoms with Crippen LogP contribution in [0, 0.1) is 6.92 Å². The van der Waals surface area contributed by atoms with E-state index in [-0.39, 0.29) is 5.91 Å². The molecule has 1 amide bonds. The van der Waals surface area contributed by atoms with Crippen molar-refractivity contribution in [2.45, 2.75) is 6.92 Å². The Morgan fingerprint density at radius 1 is 1.15 bits per heavy atom. The third-order valence-electron chi connectivity index (χ3n) is 4.00. The zero-order valence-corrected chi connectivity index (χ0v) is 14.1. The average molecular weight is 344 g/mol. The van der Waals surface area contributed by atoms with Crippen LogP contribution in [0.4, 0.5) is 5.69 Å². The van der Waals surface area contributed by atoms with Crippen molar-refractivity contribution < 1.29 is 9.21 Å². The predicted molar refractivity (Wildman–Crippen MR) is 98.7 cm³/mol. The van der Waals surface area contributed by atoms with Crippen LogP contribution >= 0.6 is 0 Å². The molecule has 128 valence electrons. The molecule has 0 spiro atoms. The summed E-state index contributed by atoms with van der Waals surface area (Å²) in [6, 6.07) is 14.7. The van der Waals surface area contributed by atoms with Crippen LogP contribution in [-0.2, 0) is 0 Å². The number of aryl methyl sites for hydroxylation is 1. The second-order valence-corrected chi connectivity index (χ2v) is 5.78. The smallest absolute Gasteiger partial charge is 0.257 e. The Bertz CT molecular complexity index is 1040. The number of furan rings is 1. The molecule has 0 atom stereocenters. The summed E-state index contributed by atoms with van der Waals surface area (Å²) >= 11 is 0. The topological polar surface area (TPSA) is 83.8 Å². The highest BCUT2D eigenvalue weighted by Gasteiger charge is 2.13. The van der Waals surface area contributed by atoms with Crippen molar-refractivity contribution in [2.24, 2.45) is 0 Å². The number of nitrogens with zero attached hydrogens (tertiary/aromatic N) is 2. The van der Waals surface area contributed by atoms with Crippen LogP contribution in [0.3, 0.4) is 0 Å². The fraction of sp³-hybridized carbons (Fsp3) is 0.0500. The van der Waals surface area contributed by atoms with Gasteiger partial charge in [0, 0.05) is 23.6 Å². The van der Waals surface area contributed by atoms with Crippen molar-refractivity contribution in [3.63, 3.8) is 0 Å². The lowest BCUT2D eigenvalue weighted by molar-refractivity contribution is 0.102. The Labute approximate surface area is 149 Å². The zero-order valence-electron chi connectivity index (χ0n) is 14.1. The fourth-order valence-electron chi connectivity index (χ4n) is 2.73. The standard InChI is InChI=1S/C20H16N4O2/c1-13-16(7-8-17(23-13)18-6-3-11-26-18)20(25)24-15-5-2-4-14(12-15)19-21-9-10-22-19/h2-12H,1H3,(H,21,22)(H,24,25). The molecule has 0 saturated heterocycles. The zero-order chi connectivity index (χ0) is 17.9. The number of amides is 1. The summed E-state index contributed by atoms with van der Waals surface area (Å²) in [6.07, 6.45) is 5.05. The van der Waals surface area contributed by atoms with E-state index in [2.05, 4.69) is 20.3 Å². The van der Waals surface area contributed by atoms with Gasteiger partial charge in [-0.2, -0.15) is 0 Å². The molecule has 0 radical (unpaired) electrons. The summed E-state index contributed by atoms with van der Waals surface area (Å²) in [7, 11) is 0. The third kappa shape index (κ3) is 3.12. The van der Waals surface area contributed by atoms with Gasteiger partial charge < -0.3 is 14.7 Å². The maximum Gasteiger partial charge on any atom is 0.257 e. The van der Waals surface area contributed by atoms with Crippen molar-refractivity contribution in [3.05, 3.63) is 78.4 Å². The molecule has 26 heavy (non-hydrogen) atoms. The summed E-state index contributed by atoms with van der Waals surface area (Å²) < 4.78 is 5.35. The molecule has 0 unspecified atom stereocenters. The lowest BCUT2D eigenvalue weighted by Crippen LogP contribution is -2.14. The number of rotatable bonds is 4. The number of carbonyl (C=O) groups is 1. The maximum atomic E-state index is 12.6. The second-order valence-electron chi connectivity index (χ2n) is 5.78. The highest BCUT2D eigenvalue weighted by atomic mass is 16.3. The summed E-state index contributed by atoms with van der Waals surface area (Å²) in [5.41, 5.74) is 3.44. The van der Waals surface area contributed by atoms with Crippen LogP contribution in [0.2, 0.25) is 0 Å². The predicted octanol–water partition coefficient (Wildman–Crippen LogP) is 4.29. The number of aromatic amines is 1. The first-order valence-electron chi connectivity index (χ1n) is 8.13. The van der Waals surface area contributed by atoms with Gasteiger partial charge in [-0.1, -0.05) is 12.1 Å². The molecule has 3 aromatic heterocycles. The van der Waals surface area contributed by atoms with Gasteiger partial charge in [0.1, 0.15) is 11.5 Å². The van der Waals surface area contributed by atoms with E-state index in [0.29, 0.717) is 28.4 Å². The Morgan fingerprint density at radius 2 is 2.08 bits per heavy atom. The average Bonchev–Trinajstić information content (AvgIpc) is 3.36.